The second-order valence-corrected chi connectivity index (χ2v) is 7.38. The first-order chi connectivity index (χ1) is 14.1. The lowest BCUT2D eigenvalue weighted by atomic mass is 10.1. The highest BCUT2D eigenvalue weighted by Crippen LogP contribution is 2.26. The predicted molar refractivity (Wildman–Crippen MR) is 112 cm³/mol. The molecule has 1 aliphatic heterocycles. The first kappa shape index (κ1) is 19.2. The molecule has 29 heavy (non-hydrogen) atoms. The van der Waals surface area contributed by atoms with Gasteiger partial charge in [0.05, 0.1) is 25.0 Å². The summed E-state index contributed by atoms with van der Waals surface area (Å²) in [6.07, 6.45) is 8.00. The molecule has 7 nitrogen and oxygen atoms in total. The van der Waals surface area contributed by atoms with Crippen molar-refractivity contribution in [3.63, 3.8) is 0 Å². The molecule has 3 aromatic rings. The monoisotopic (exact) mass is 396 g/mol. The minimum atomic E-state index is -0.776. The first-order valence-corrected chi connectivity index (χ1v) is 9.82. The topological polar surface area (TPSA) is 59.2 Å². The summed E-state index contributed by atoms with van der Waals surface area (Å²) in [5, 5.41) is 4.30. The Morgan fingerprint density at radius 3 is 2.76 bits per heavy atom. The third-order valence-electron chi connectivity index (χ3n) is 5.36. The minimum Gasteiger partial charge on any atom is -0.366 e. The molecule has 0 spiro atoms. The van der Waals surface area contributed by atoms with Crippen molar-refractivity contribution in [2.75, 3.05) is 29.9 Å². The molecule has 1 aliphatic rings. The number of anilines is 2. The zero-order valence-electron chi connectivity index (χ0n) is 16.7. The van der Waals surface area contributed by atoms with Crippen molar-refractivity contribution in [1.82, 2.24) is 19.3 Å². The van der Waals surface area contributed by atoms with Gasteiger partial charge < -0.3 is 9.80 Å². The third-order valence-corrected chi connectivity index (χ3v) is 5.36. The van der Waals surface area contributed by atoms with Crippen molar-refractivity contribution in [2.45, 2.75) is 32.6 Å². The molecule has 3 aromatic heterocycles. The number of nitrogens with zero attached hydrogens (tertiary/aromatic N) is 6. The van der Waals surface area contributed by atoms with Gasteiger partial charge in [-0.15, -0.1) is 0 Å². The number of alkyl halides is 1. The average molecular weight is 396 g/mol. The molecule has 1 atom stereocenters. The molecular formula is C21H25FN6O. The van der Waals surface area contributed by atoms with Crippen LogP contribution in [-0.2, 0) is 17.9 Å². The van der Waals surface area contributed by atoms with Crippen LogP contribution < -0.4 is 9.80 Å². The molecule has 0 aromatic carbocycles. The van der Waals surface area contributed by atoms with E-state index in [1.165, 1.54) is 0 Å². The van der Waals surface area contributed by atoms with Gasteiger partial charge in [0, 0.05) is 55.5 Å². The zero-order valence-corrected chi connectivity index (χ0v) is 16.7. The summed E-state index contributed by atoms with van der Waals surface area (Å²) in [5.41, 5.74) is 3.72. The fraction of sp³-hybridized carbons (Fsp3) is 0.381. The Balaban J connectivity index is 1.51. The second-order valence-electron chi connectivity index (χ2n) is 7.38. The van der Waals surface area contributed by atoms with Crippen LogP contribution >= 0.6 is 0 Å². The van der Waals surface area contributed by atoms with E-state index in [1.54, 1.807) is 10.8 Å². The van der Waals surface area contributed by atoms with Crippen LogP contribution in [0.2, 0.25) is 0 Å². The number of carbonyl (C=O) groups is 1. The van der Waals surface area contributed by atoms with Crippen molar-refractivity contribution in [2.24, 2.45) is 0 Å². The van der Waals surface area contributed by atoms with Gasteiger partial charge in [0.1, 0.15) is 12.0 Å². The minimum absolute atomic E-state index is 0.402. The van der Waals surface area contributed by atoms with Crippen LogP contribution in [0.1, 0.15) is 19.0 Å². The number of halogens is 1. The lowest BCUT2D eigenvalue weighted by molar-refractivity contribution is 0.364. The summed E-state index contributed by atoms with van der Waals surface area (Å²) < 4.78 is 16.9. The zero-order chi connectivity index (χ0) is 20.4. The van der Waals surface area contributed by atoms with E-state index in [-0.39, 0.29) is 0 Å². The van der Waals surface area contributed by atoms with Crippen LogP contribution in [0.15, 0.2) is 43.0 Å². The normalized spacial score (nSPS) is 16.4. The maximum atomic E-state index is 13.4. The molecule has 0 radical (unpaired) electrons. The van der Waals surface area contributed by atoms with Crippen molar-refractivity contribution in [3.05, 3.63) is 48.7 Å². The number of carbonyl (C=O) groups excluding carboxylic acids is 1. The number of pyridine rings is 1. The van der Waals surface area contributed by atoms with E-state index >= 15 is 0 Å². The molecule has 0 N–H and O–H groups in total. The van der Waals surface area contributed by atoms with Crippen LogP contribution in [0.25, 0.3) is 11.1 Å². The van der Waals surface area contributed by atoms with Gasteiger partial charge in [0.25, 0.3) is 0 Å². The van der Waals surface area contributed by atoms with Crippen LogP contribution in [0.4, 0.5) is 15.9 Å². The summed E-state index contributed by atoms with van der Waals surface area (Å²) in [4.78, 5) is 20.1. The Morgan fingerprint density at radius 1 is 1.28 bits per heavy atom. The summed E-state index contributed by atoms with van der Waals surface area (Å²) in [6, 6.07) is 5.88. The summed E-state index contributed by atoms with van der Waals surface area (Å²) >= 11 is 0. The van der Waals surface area contributed by atoms with Gasteiger partial charge in [-0.05, 0) is 31.5 Å². The molecule has 8 heteroatoms. The smallest absolute Gasteiger partial charge is 0.218 e. The average Bonchev–Trinajstić information content (AvgIpc) is 3.47. The summed E-state index contributed by atoms with van der Waals surface area (Å²) in [5.74, 6) is 0.789. The lowest BCUT2D eigenvalue weighted by Crippen LogP contribution is -2.20. The Kier molecular flexibility index (Phi) is 5.33. The fourth-order valence-corrected chi connectivity index (χ4v) is 3.63. The van der Waals surface area contributed by atoms with Gasteiger partial charge in [-0.3, -0.25) is 14.0 Å². The molecule has 0 amide bonds. The van der Waals surface area contributed by atoms with E-state index in [1.807, 2.05) is 60.3 Å². The van der Waals surface area contributed by atoms with Crippen molar-refractivity contribution >= 4 is 17.9 Å². The molecule has 1 unspecified atom stereocenters. The van der Waals surface area contributed by atoms with Crippen molar-refractivity contribution in [1.29, 1.82) is 0 Å². The third kappa shape index (κ3) is 4.01. The van der Waals surface area contributed by atoms with Crippen LogP contribution in [0.5, 0.6) is 0 Å². The number of aromatic nitrogens is 4. The molecule has 4 heterocycles. The predicted octanol–water partition coefficient (Wildman–Crippen LogP) is 2.99. The van der Waals surface area contributed by atoms with E-state index in [0.717, 1.165) is 41.3 Å². The van der Waals surface area contributed by atoms with Crippen molar-refractivity contribution < 1.29 is 9.18 Å². The molecule has 1 fully saturated rings. The maximum Gasteiger partial charge on any atom is 0.218 e. The van der Waals surface area contributed by atoms with Gasteiger partial charge >= 0.3 is 0 Å². The largest absolute Gasteiger partial charge is 0.366 e. The van der Waals surface area contributed by atoms with Gasteiger partial charge in [-0.2, -0.15) is 5.10 Å². The standard InChI is InChI=1S/C21H25FN6O/c1-3-28-14-20(10-24-28)25(2)13-19-8-17(11-27(19)15-29)16-4-5-21(23-9-16)26-7-6-18(22)12-26/h4-5,8-11,14-15,18H,3,6-7,12-13H2,1-2H3. The SMILES string of the molecule is CCn1cc(N(C)Cc2cc(-c3ccc(N4CCC(F)C4)nc3)cn2C=O)cn1. The molecule has 0 aliphatic carbocycles. The highest BCUT2D eigenvalue weighted by molar-refractivity contribution is 5.68. The molecule has 0 saturated carbocycles. The number of rotatable bonds is 7. The first-order valence-electron chi connectivity index (χ1n) is 9.82. The van der Waals surface area contributed by atoms with E-state index in [2.05, 4.69) is 15.0 Å². The molecular weight excluding hydrogens is 371 g/mol. The number of aryl methyl sites for hydroxylation is 1. The van der Waals surface area contributed by atoms with E-state index in [0.29, 0.717) is 26.1 Å². The number of hydrogen-bond acceptors (Lipinski definition) is 5. The van der Waals surface area contributed by atoms with E-state index in [4.69, 9.17) is 0 Å². The van der Waals surface area contributed by atoms with E-state index in [9.17, 15) is 9.18 Å². The van der Waals surface area contributed by atoms with Gasteiger partial charge in [-0.1, -0.05) is 0 Å². The van der Waals surface area contributed by atoms with Gasteiger partial charge in [0.15, 0.2) is 0 Å². The van der Waals surface area contributed by atoms with Gasteiger partial charge in [-0.25, -0.2) is 9.37 Å². The fourth-order valence-electron chi connectivity index (χ4n) is 3.63. The highest BCUT2D eigenvalue weighted by atomic mass is 19.1. The summed E-state index contributed by atoms with van der Waals surface area (Å²) in [7, 11) is 1.98. The Hall–Kier alpha value is -3.16. The molecule has 4 rings (SSSR count). The van der Waals surface area contributed by atoms with E-state index < -0.39 is 6.17 Å². The van der Waals surface area contributed by atoms with Crippen LogP contribution in [0, 0.1) is 0 Å². The molecule has 152 valence electrons. The Labute approximate surface area is 169 Å². The van der Waals surface area contributed by atoms with Crippen LogP contribution in [0.3, 0.4) is 0 Å². The van der Waals surface area contributed by atoms with Gasteiger partial charge in [0.2, 0.25) is 6.41 Å². The molecule has 0 bridgehead atoms. The quantitative estimate of drug-likeness (QED) is 0.575. The summed E-state index contributed by atoms with van der Waals surface area (Å²) in [6.45, 7) is 4.53. The number of hydrogen-bond donors (Lipinski definition) is 0. The Bertz CT molecular complexity index is 979. The lowest BCUT2D eigenvalue weighted by Gasteiger charge is -2.17. The second kappa shape index (κ2) is 8.06. The van der Waals surface area contributed by atoms with Crippen LogP contribution in [-0.4, -0.2) is 52.1 Å². The maximum absolute atomic E-state index is 13.4. The Morgan fingerprint density at radius 2 is 2.14 bits per heavy atom. The van der Waals surface area contributed by atoms with Crippen molar-refractivity contribution in [3.8, 4) is 11.1 Å². The molecule has 1 saturated heterocycles. The highest BCUT2D eigenvalue weighted by Gasteiger charge is 2.22.